The van der Waals surface area contributed by atoms with Gasteiger partial charge in [-0.25, -0.2) is 0 Å². The van der Waals surface area contributed by atoms with Crippen LogP contribution in [0.2, 0.25) is 0 Å². The van der Waals surface area contributed by atoms with Gasteiger partial charge in [0.05, 0.1) is 17.9 Å². The molecule has 0 aromatic carbocycles. The van der Waals surface area contributed by atoms with Crippen LogP contribution in [0.3, 0.4) is 0 Å². The molecule has 1 rings (SSSR count). The summed E-state index contributed by atoms with van der Waals surface area (Å²) in [5.74, 6) is -0.156. The molecule has 0 spiro atoms. The number of aldehydes is 1. The summed E-state index contributed by atoms with van der Waals surface area (Å²) in [4.78, 5) is 14.2. The Balaban J connectivity index is 0.00000144. The van der Waals surface area contributed by atoms with E-state index in [0.29, 0.717) is 17.5 Å². The average Bonchev–Trinajstić information content (AvgIpc) is 2.09. The number of hydrogen-bond donors (Lipinski definition) is 2. The van der Waals surface area contributed by atoms with Crippen molar-refractivity contribution in [1.82, 2.24) is 4.98 Å². The maximum Gasteiger partial charge on any atom is 0.154 e. The van der Waals surface area contributed by atoms with E-state index in [9.17, 15) is 9.90 Å². The molecule has 66 valence electrons. The molecule has 0 fully saturated rings. The molecule has 2 N–H and O–H groups in total. The van der Waals surface area contributed by atoms with Gasteiger partial charge in [-0.05, 0) is 6.92 Å². The summed E-state index contributed by atoms with van der Waals surface area (Å²) in [6, 6.07) is 0. The third kappa shape index (κ3) is 2.32. The third-order valence-electron chi connectivity index (χ3n) is 1.65. The van der Waals surface area contributed by atoms with Gasteiger partial charge >= 0.3 is 0 Å². The number of aromatic nitrogens is 1. The molecule has 4 nitrogen and oxygen atoms in total. The minimum atomic E-state index is -0.297. The standard InChI is InChI=1S/C8H9NO3.Zn/c1-5-8(12)7(4-11)6(3-10)2-9-5;/h2,4,10,12H,3H2,1H3;. The average molecular weight is 233 g/mol. The number of rotatable bonds is 2. The molecule has 13 heavy (non-hydrogen) atoms. The number of pyridine rings is 1. The summed E-state index contributed by atoms with van der Waals surface area (Å²) >= 11 is 0. The Labute approximate surface area is 88.4 Å². The van der Waals surface area contributed by atoms with E-state index in [1.165, 1.54) is 6.20 Å². The van der Waals surface area contributed by atoms with Crippen LogP contribution in [0.1, 0.15) is 21.6 Å². The second kappa shape index (κ2) is 5.05. The van der Waals surface area contributed by atoms with Crippen molar-refractivity contribution in [2.75, 3.05) is 0 Å². The number of carbonyl (C=O) groups excluding carboxylic acids is 1. The summed E-state index contributed by atoms with van der Waals surface area (Å²) < 4.78 is 0. The summed E-state index contributed by atoms with van der Waals surface area (Å²) in [5.41, 5.74) is 0.840. The number of carbonyl (C=O) groups is 1. The van der Waals surface area contributed by atoms with Crippen LogP contribution >= 0.6 is 0 Å². The summed E-state index contributed by atoms with van der Waals surface area (Å²) in [6.07, 6.45) is 1.88. The topological polar surface area (TPSA) is 70.4 Å². The van der Waals surface area contributed by atoms with Crippen molar-refractivity contribution in [1.29, 1.82) is 0 Å². The second-order valence-electron chi connectivity index (χ2n) is 2.41. The van der Waals surface area contributed by atoms with E-state index in [-0.39, 0.29) is 37.4 Å². The van der Waals surface area contributed by atoms with Crippen molar-refractivity contribution in [3.05, 3.63) is 23.0 Å². The van der Waals surface area contributed by atoms with Crippen LogP contribution in [0.25, 0.3) is 0 Å². The van der Waals surface area contributed by atoms with Crippen molar-refractivity contribution in [2.45, 2.75) is 13.5 Å². The van der Waals surface area contributed by atoms with E-state index >= 15 is 0 Å². The van der Waals surface area contributed by atoms with Crippen molar-refractivity contribution >= 4 is 6.29 Å². The zero-order chi connectivity index (χ0) is 9.14. The maximum absolute atomic E-state index is 10.5. The third-order valence-corrected chi connectivity index (χ3v) is 1.65. The minimum absolute atomic E-state index is 0. The summed E-state index contributed by atoms with van der Waals surface area (Å²) in [7, 11) is 0. The van der Waals surface area contributed by atoms with E-state index in [0.717, 1.165) is 0 Å². The van der Waals surface area contributed by atoms with Gasteiger partial charge in [-0.15, -0.1) is 0 Å². The van der Waals surface area contributed by atoms with E-state index in [1.54, 1.807) is 6.92 Å². The van der Waals surface area contributed by atoms with Crippen LogP contribution in [0.15, 0.2) is 6.20 Å². The summed E-state index contributed by atoms with van der Waals surface area (Å²) in [6.45, 7) is 1.29. The Bertz CT molecular complexity index is 315. The molecule has 5 heteroatoms. The first-order valence-electron chi connectivity index (χ1n) is 3.44. The smallest absolute Gasteiger partial charge is 0.154 e. The van der Waals surface area contributed by atoms with Gasteiger partial charge in [-0.1, -0.05) is 0 Å². The van der Waals surface area contributed by atoms with Crippen LogP contribution in [-0.2, 0) is 26.1 Å². The number of hydrogen-bond acceptors (Lipinski definition) is 4. The van der Waals surface area contributed by atoms with Gasteiger partial charge in [0.1, 0.15) is 5.75 Å². The Kier molecular flexibility index (Phi) is 4.74. The first-order chi connectivity index (χ1) is 5.70. The molecule has 0 radical (unpaired) electrons. The molecule has 0 saturated heterocycles. The van der Waals surface area contributed by atoms with E-state index < -0.39 is 0 Å². The Morgan fingerprint density at radius 2 is 2.23 bits per heavy atom. The predicted molar refractivity (Wildman–Crippen MR) is 41.9 cm³/mol. The molecule has 0 bridgehead atoms. The van der Waals surface area contributed by atoms with E-state index in [2.05, 4.69) is 4.98 Å². The second-order valence-corrected chi connectivity index (χ2v) is 2.41. The molecule has 1 aromatic rings. The number of aliphatic hydroxyl groups excluding tert-OH is 1. The van der Waals surface area contributed by atoms with Gasteiger partial charge < -0.3 is 10.2 Å². The Hall–Kier alpha value is -0.797. The molecule has 0 aliphatic rings. The van der Waals surface area contributed by atoms with Crippen molar-refractivity contribution in [3.63, 3.8) is 0 Å². The van der Waals surface area contributed by atoms with E-state index in [4.69, 9.17) is 5.11 Å². The molecule has 1 aromatic heterocycles. The van der Waals surface area contributed by atoms with Gasteiger partial charge in [0.25, 0.3) is 0 Å². The van der Waals surface area contributed by atoms with Crippen molar-refractivity contribution in [3.8, 4) is 5.75 Å². The quantitative estimate of drug-likeness (QED) is 0.572. The SMILES string of the molecule is Cc1ncc(CO)c(C=O)c1O.[Zn]. The number of aryl methyl sites for hydroxylation is 1. The zero-order valence-electron chi connectivity index (χ0n) is 7.32. The fourth-order valence-corrected chi connectivity index (χ4v) is 0.910. The summed E-state index contributed by atoms with van der Waals surface area (Å²) in [5, 5.41) is 18.1. The normalized spacial score (nSPS) is 9.08. The van der Waals surface area contributed by atoms with Crippen LogP contribution in [0, 0.1) is 6.92 Å². The molecule has 0 atom stereocenters. The van der Waals surface area contributed by atoms with Crippen molar-refractivity contribution in [2.24, 2.45) is 0 Å². The fourth-order valence-electron chi connectivity index (χ4n) is 0.910. The minimum Gasteiger partial charge on any atom is -0.505 e. The number of aromatic hydroxyl groups is 1. The van der Waals surface area contributed by atoms with Crippen LogP contribution in [-0.4, -0.2) is 21.5 Å². The maximum atomic E-state index is 10.5. The van der Waals surface area contributed by atoms with Gasteiger partial charge in [-0.3, -0.25) is 9.78 Å². The molecular formula is C8H9NO3Zn. The largest absolute Gasteiger partial charge is 0.505 e. The van der Waals surface area contributed by atoms with Crippen LogP contribution < -0.4 is 0 Å². The Morgan fingerprint density at radius 1 is 1.62 bits per heavy atom. The van der Waals surface area contributed by atoms with Gasteiger partial charge in [0.2, 0.25) is 0 Å². The van der Waals surface area contributed by atoms with Gasteiger partial charge in [0.15, 0.2) is 6.29 Å². The molecule has 1 heterocycles. The first kappa shape index (κ1) is 12.2. The molecule has 0 aliphatic heterocycles. The zero-order valence-corrected chi connectivity index (χ0v) is 10.3. The Morgan fingerprint density at radius 3 is 2.69 bits per heavy atom. The first-order valence-corrected chi connectivity index (χ1v) is 3.44. The number of aliphatic hydroxyl groups is 1. The number of nitrogens with zero attached hydrogens (tertiary/aromatic N) is 1. The van der Waals surface area contributed by atoms with Crippen LogP contribution in [0.4, 0.5) is 0 Å². The monoisotopic (exact) mass is 231 g/mol. The molecule has 0 unspecified atom stereocenters. The van der Waals surface area contributed by atoms with Crippen LogP contribution in [0.5, 0.6) is 5.75 Å². The molecule has 0 aliphatic carbocycles. The fraction of sp³-hybridized carbons (Fsp3) is 0.250. The van der Waals surface area contributed by atoms with Crippen molar-refractivity contribution < 1.29 is 34.5 Å². The molecular weight excluding hydrogens is 223 g/mol. The molecule has 0 amide bonds. The van der Waals surface area contributed by atoms with E-state index in [1.807, 2.05) is 0 Å². The van der Waals surface area contributed by atoms with Gasteiger partial charge in [-0.2, -0.15) is 0 Å². The predicted octanol–water partition coefficient (Wildman–Crippen LogP) is 0.398. The van der Waals surface area contributed by atoms with Gasteiger partial charge in [0, 0.05) is 31.2 Å². The molecule has 0 saturated carbocycles.